The number of aryl methyl sites for hydroxylation is 2. The zero-order valence-corrected chi connectivity index (χ0v) is 15.7. The van der Waals surface area contributed by atoms with Crippen molar-refractivity contribution in [1.82, 2.24) is 5.32 Å². The second-order valence-corrected chi connectivity index (χ2v) is 7.79. The molecular weight excluding hydrogens is 334 g/mol. The second-order valence-electron chi connectivity index (χ2n) is 7.35. The minimum atomic E-state index is -0.297. The zero-order chi connectivity index (χ0) is 18.0. The standard InChI is InChI=1S/C21H24ClNO2/c1-14-4-10-17-18(13-21(2,3)25-19(17)12-14)23-20(24)11-7-15-5-8-16(22)9-6-15/h4-6,8-10,12,18H,7,11,13H2,1-3H3,(H,23,24)/t18-/m0/s1. The van der Waals surface area contributed by atoms with Crippen LogP contribution in [0.15, 0.2) is 42.5 Å². The maximum absolute atomic E-state index is 12.5. The van der Waals surface area contributed by atoms with Crippen LogP contribution in [-0.2, 0) is 11.2 Å². The first-order chi connectivity index (χ1) is 11.8. The Hall–Kier alpha value is -2.00. The summed E-state index contributed by atoms with van der Waals surface area (Å²) in [5.74, 6) is 0.934. The molecule has 0 aromatic heterocycles. The van der Waals surface area contributed by atoms with Gasteiger partial charge in [-0.25, -0.2) is 0 Å². The first kappa shape index (κ1) is 17.8. The highest BCUT2D eigenvalue weighted by Crippen LogP contribution is 2.39. The Bertz CT molecular complexity index is 768. The predicted octanol–water partition coefficient (Wildman–Crippen LogP) is 5.00. The van der Waals surface area contributed by atoms with E-state index >= 15 is 0 Å². The Kier molecular flexibility index (Phi) is 5.05. The fraction of sp³-hybridized carbons (Fsp3) is 0.381. The maximum atomic E-state index is 12.5. The third-order valence-electron chi connectivity index (χ3n) is 4.52. The maximum Gasteiger partial charge on any atom is 0.220 e. The SMILES string of the molecule is Cc1ccc2c(c1)OC(C)(C)C[C@@H]2NC(=O)CCc1ccc(Cl)cc1. The molecule has 3 nitrogen and oxygen atoms in total. The number of carbonyl (C=O) groups excluding carboxylic acids is 1. The predicted molar refractivity (Wildman–Crippen MR) is 101 cm³/mol. The van der Waals surface area contributed by atoms with Gasteiger partial charge in [0.05, 0.1) is 6.04 Å². The van der Waals surface area contributed by atoms with Crippen LogP contribution >= 0.6 is 11.6 Å². The van der Waals surface area contributed by atoms with E-state index in [1.807, 2.05) is 37.3 Å². The Morgan fingerprint density at radius 3 is 2.68 bits per heavy atom. The molecule has 0 fully saturated rings. The van der Waals surface area contributed by atoms with Crippen LogP contribution in [0.1, 0.15) is 49.4 Å². The topological polar surface area (TPSA) is 38.3 Å². The first-order valence-electron chi connectivity index (χ1n) is 8.66. The van der Waals surface area contributed by atoms with Crippen molar-refractivity contribution in [2.75, 3.05) is 0 Å². The quantitative estimate of drug-likeness (QED) is 0.836. The molecule has 1 atom stereocenters. The van der Waals surface area contributed by atoms with Crippen molar-refractivity contribution >= 4 is 17.5 Å². The number of amides is 1. The van der Waals surface area contributed by atoms with Crippen molar-refractivity contribution < 1.29 is 9.53 Å². The molecule has 1 aliphatic heterocycles. The first-order valence-corrected chi connectivity index (χ1v) is 9.03. The van der Waals surface area contributed by atoms with Gasteiger partial charge in [-0.15, -0.1) is 0 Å². The number of ether oxygens (including phenoxy) is 1. The molecule has 1 N–H and O–H groups in total. The lowest BCUT2D eigenvalue weighted by Gasteiger charge is -2.38. The van der Waals surface area contributed by atoms with E-state index in [-0.39, 0.29) is 17.6 Å². The van der Waals surface area contributed by atoms with Gasteiger partial charge in [0.25, 0.3) is 0 Å². The highest BCUT2D eigenvalue weighted by atomic mass is 35.5. The molecule has 25 heavy (non-hydrogen) atoms. The smallest absolute Gasteiger partial charge is 0.220 e. The van der Waals surface area contributed by atoms with E-state index in [2.05, 4.69) is 31.3 Å². The summed E-state index contributed by atoms with van der Waals surface area (Å²) in [6.07, 6.45) is 1.92. The molecule has 3 rings (SSSR count). The largest absolute Gasteiger partial charge is 0.487 e. The van der Waals surface area contributed by atoms with Crippen molar-refractivity contribution in [2.45, 2.75) is 51.7 Å². The summed E-state index contributed by atoms with van der Waals surface area (Å²) < 4.78 is 6.09. The van der Waals surface area contributed by atoms with Crippen molar-refractivity contribution in [3.63, 3.8) is 0 Å². The van der Waals surface area contributed by atoms with Gasteiger partial charge in [-0.1, -0.05) is 35.9 Å². The lowest BCUT2D eigenvalue weighted by atomic mass is 9.89. The third-order valence-corrected chi connectivity index (χ3v) is 4.77. The van der Waals surface area contributed by atoms with Crippen molar-refractivity contribution in [1.29, 1.82) is 0 Å². The van der Waals surface area contributed by atoms with E-state index in [4.69, 9.17) is 16.3 Å². The molecule has 132 valence electrons. The van der Waals surface area contributed by atoms with Crippen LogP contribution in [0, 0.1) is 6.92 Å². The molecule has 0 saturated carbocycles. The molecule has 0 saturated heterocycles. The van der Waals surface area contributed by atoms with E-state index in [1.54, 1.807) is 0 Å². The fourth-order valence-electron chi connectivity index (χ4n) is 3.26. The Labute approximate surface area is 154 Å². The van der Waals surface area contributed by atoms with Gasteiger partial charge < -0.3 is 10.1 Å². The molecule has 0 spiro atoms. The summed E-state index contributed by atoms with van der Waals surface area (Å²) in [5.41, 5.74) is 3.03. The highest BCUT2D eigenvalue weighted by Gasteiger charge is 2.34. The molecule has 0 aliphatic carbocycles. The lowest BCUT2D eigenvalue weighted by Crippen LogP contribution is -2.41. The molecular formula is C21H24ClNO2. The third kappa shape index (κ3) is 4.55. The van der Waals surface area contributed by atoms with E-state index in [0.717, 1.165) is 28.9 Å². The van der Waals surface area contributed by atoms with E-state index in [0.29, 0.717) is 17.9 Å². The molecule has 2 aromatic rings. The van der Waals surface area contributed by atoms with Crippen LogP contribution < -0.4 is 10.1 Å². The monoisotopic (exact) mass is 357 g/mol. The van der Waals surface area contributed by atoms with Gasteiger partial charge >= 0.3 is 0 Å². The van der Waals surface area contributed by atoms with Gasteiger partial charge in [0, 0.05) is 23.4 Å². The van der Waals surface area contributed by atoms with Crippen LogP contribution in [0.2, 0.25) is 5.02 Å². The molecule has 0 radical (unpaired) electrons. The minimum absolute atomic E-state index is 0.0166. The Morgan fingerprint density at radius 2 is 1.96 bits per heavy atom. The van der Waals surface area contributed by atoms with Crippen LogP contribution in [0.5, 0.6) is 5.75 Å². The molecule has 0 unspecified atom stereocenters. The van der Waals surface area contributed by atoms with Gasteiger partial charge in [-0.2, -0.15) is 0 Å². The molecule has 1 aliphatic rings. The summed E-state index contributed by atoms with van der Waals surface area (Å²) in [7, 11) is 0. The van der Waals surface area contributed by atoms with E-state index < -0.39 is 0 Å². The number of fused-ring (bicyclic) bond motifs is 1. The summed E-state index contributed by atoms with van der Waals surface area (Å²) in [5, 5.41) is 3.90. The van der Waals surface area contributed by atoms with Crippen LogP contribution in [0.4, 0.5) is 0 Å². The van der Waals surface area contributed by atoms with Crippen LogP contribution in [-0.4, -0.2) is 11.5 Å². The Morgan fingerprint density at radius 1 is 1.24 bits per heavy atom. The van der Waals surface area contributed by atoms with Gasteiger partial charge in [-0.3, -0.25) is 4.79 Å². The van der Waals surface area contributed by atoms with Gasteiger partial charge in [0.2, 0.25) is 5.91 Å². The van der Waals surface area contributed by atoms with E-state index in [1.165, 1.54) is 0 Å². The number of hydrogen-bond donors (Lipinski definition) is 1. The summed E-state index contributed by atoms with van der Waals surface area (Å²) in [6.45, 7) is 6.17. The number of benzene rings is 2. The number of hydrogen-bond acceptors (Lipinski definition) is 2. The van der Waals surface area contributed by atoms with Gasteiger partial charge in [0.15, 0.2) is 0 Å². The molecule has 1 heterocycles. The zero-order valence-electron chi connectivity index (χ0n) is 14.9. The molecule has 1 amide bonds. The average Bonchev–Trinajstić information content (AvgIpc) is 2.52. The molecule has 0 bridgehead atoms. The normalized spacial score (nSPS) is 18.2. The number of rotatable bonds is 4. The number of carbonyl (C=O) groups is 1. The summed E-state index contributed by atoms with van der Waals surface area (Å²) in [4.78, 5) is 12.5. The lowest BCUT2D eigenvalue weighted by molar-refractivity contribution is -0.122. The average molecular weight is 358 g/mol. The second kappa shape index (κ2) is 7.09. The van der Waals surface area contributed by atoms with Crippen LogP contribution in [0.25, 0.3) is 0 Å². The summed E-state index contributed by atoms with van der Waals surface area (Å²) in [6, 6.07) is 13.8. The van der Waals surface area contributed by atoms with Crippen molar-refractivity contribution in [3.8, 4) is 5.75 Å². The highest BCUT2D eigenvalue weighted by molar-refractivity contribution is 6.30. The number of nitrogens with one attached hydrogen (secondary N) is 1. The van der Waals surface area contributed by atoms with E-state index in [9.17, 15) is 4.79 Å². The van der Waals surface area contributed by atoms with Crippen molar-refractivity contribution in [3.05, 3.63) is 64.2 Å². The Balaban J connectivity index is 1.67. The van der Waals surface area contributed by atoms with Crippen LogP contribution in [0.3, 0.4) is 0 Å². The molecule has 4 heteroatoms. The minimum Gasteiger partial charge on any atom is -0.487 e. The van der Waals surface area contributed by atoms with Gasteiger partial charge in [-0.05, 0) is 56.5 Å². The molecule has 2 aromatic carbocycles. The van der Waals surface area contributed by atoms with Gasteiger partial charge in [0.1, 0.15) is 11.4 Å². The fourth-order valence-corrected chi connectivity index (χ4v) is 3.39. The number of halogens is 1. The van der Waals surface area contributed by atoms with Crippen molar-refractivity contribution in [2.24, 2.45) is 0 Å². The summed E-state index contributed by atoms with van der Waals surface area (Å²) >= 11 is 5.90.